The van der Waals surface area contributed by atoms with E-state index in [1.165, 1.54) is 12.1 Å². The molecule has 1 unspecified atom stereocenters. The van der Waals surface area contributed by atoms with Gasteiger partial charge in [-0.25, -0.2) is 9.18 Å². The molecule has 0 saturated heterocycles. The molecular formula is C15H20FNO2. The Hall–Kier alpha value is -1.42. The maximum Gasteiger partial charge on any atom is 0.328 e. The van der Waals surface area contributed by atoms with Gasteiger partial charge in [-0.15, -0.1) is 0 Å². The predicted molar refractivity (Wildman–Crippen MR) is 71.4 cm³/mol. The minimum absolute atomic E-state index is 0.208. The Bertz CT molecular complexity index is 457. The first-order valence-electron chi connectivity index (χ1n) is 6.85. The van der Waals surface area contributed by atoms with E-state index in [0.717, 1.165) is 25.7 Å². The Morgan fingerprint density at radius 2 is 2.16 bits per heavy atom. The molecule has 2 rings (SSSR count). The number of carboxylic acid groups (broad SMARTS) is 1. The van der Waals surface area contributed by atoms with Crippen LogP contribution < -0.4 is 5.32 Å². The monoisotopic (exact) mass is 265 g/mol. The molecule has 4 heteroatoms. The van der Waals surface area contributed by atoms with E-state index in [0.29, 0.717) is 12.0 Å². The molecule has 0 amide bonds. The molecule has 19 heavy (non-hydrogen) atoms. The predicted octanol–water partition coefficient (Wildman–Crippen LogP) is 3.05. The minimum atomic E-state index is -1.18. The second-order valence-electron chi connectivity index (χ2n) is 5.20. The van der Waals surface area contributed by atoms with Crippen LogP contribution in [0.5, 0.6) is 0 Å². The number of aliphatic carboxylic acids is 1. The number of carboxylic acids is 1. The molecule has 1 aromatic carbocycles. The Balaban J connectivity index is 2.35. The van der Waals surface area contributed by atoms with Crippen molar-refractivity contribution >= 4 is 5.97 Å². The van der Waals surface area contributed by atoms with Gasteiger partial charge in [0.2, 0.25) is 0 Å². The highest BCUT2D eigenvalue weighted by Crippen LogP contribution is 2.30. The van der Waals surface area contributed by atoms with Crippen molar-refractivity contribution in [1.82, 2.24) is 5.32 Å². The number of hydrogen-bond donors (Lipinski definition) is 2. The van der Waals surface area contributed by atoms with Gasteiger partial charge in [-0.05, 0) is 37.0 Å². The van der Waals surface area contributed by atoms with Crippen LogP contribution in [0.1, 0.15) is 44.6 Å². The Labute approximate surface area is 112 Å². The van der Waals surface area contributed by atoms with E-state index >= 15 is 0 Å². The molecule has 0 radical (unpaired) electrons. The molecule has 0 aromatic heterocycles. The number of hydrogen-bond acceptors (Lipinski definition) is 2. The summed E-state index contributed by atoms with van der Waals surface area (Å²) in [5.74, 6) is -1.34. The largest absolute Gasteiger partial charge is 0.480 e. The lowest BCUT2D eigenvalue weighted by molar-refractivity contribution is -0.146. The lowest BCUT2D eigenvalue weighted by atomic mass is 9.86. The van der Waals surface area contributed by atoms with Gasteiger partial charge in [-0.1, -0.05) is 31.9 Å². The van der Waals surface area contributed by atoms with Crippen LogP contribution in [0.2, 0.25) is 0 Å². The van der Waals surface area contributed by atoms with Crippen molar-refractivity contribution in [3.05, 3.63) is 35.6 Å². The number of benzene rings is 1. The van der Waals surface area contributed by atoms with Crippen LogP contribution in [0.3, 0.4) is 0 Å². The second kappa shape index (κ2) is 5.70. The van der Waals surface area contributed by atoms with Crippen LogP contribution in [-0.2, 0) is 10.3 Å². The smallest absolute Gasteiger partial charge is 0.328 e. The molecular weight excluding hydrogens is 245 g/mol. The fourth-order valence-electron chi connectivity index (χ4n) is 2.90. The van der Waals surface area contributed by atoms with E-state index in [-0.39, 0.29) is 6.04 Å². The normalized spacial score (nSPS) is 19.3. The van der Waals surface area contributed by atoms with Gasteiger partial charge in [-0.3, -0.25) is 5.32 Å². The average Bonchev–Trinajstić information content (AvgIpc) is 2.88. The van der Waals surface area contributed by atoms with Crippen molar-refractivity contribution in [3.8, 4) is 0 Å². The lowest BCUT2D eigenvalue weighted by Gasteiger charge is -2.33. The van der Waals surface area contributed by atoms with Gasteiger partial charge in [0.15, 0.2) is 0 Å². The third-order valence-corrected chi connectivity index (χ3v) is 4.02. The summed E-state index contributed by atoms with van der Waals surface area (Å²) in [7, 11) is 0. The number of halogens is 1. The van der Waals surface area contributed by atoms with Gasteiger partial charge in [0.05, 0.1) is 0 Å². The molecule has 2 N–H and O–H groups in total. The van der Waals surface area contributed by atoms with E-state index in [9.17, 15) is 14.3 Å². The van der Waals surface area contributed by atoms with E-state index in [1.807, 2.05) is 6.92 Å². The molecule has 3 nitrogen and oxygen atoms in total. The third kappa shape index (κ3) is 2.78. The summed E-state index contributed by atoms with van der Waals surface area (Å²) in [6.45, 7) is 1.82. The maximum atomic E-state index is 13.4. The van der Waals surface area contributed by atoms with Crippen molar-refractivity contribution in [3.63, 3.8) is 0 Å². The molecule has 104 valence electrons. The van der Waals surface area contributed by atoms with Gasteiger partial charge in [0, 0.05) is 6.04 Å². The highest BCUT2D eigenvalue weighted by molar-refractivity contribution is 5.80. The van der Waals surface area contributed by atoms with Crippen LogP contribution in [-0.4, -0.2) is 17.1 Å². The van der Waals surface area contributed by atoms with Crippen LogP contribution in [0.25, 0.3) is 0 Å². The zero-order valence-corrected chi connectivity index (χ0v) is 11.2. The number of rotatable bonds is 5. The molecule has 0 aliphatic heterocycles. The summed E-state index contributed by atoms with van der Waals surface area (Å²) < 4.78 is 13.4. The minimum Gasteiger partial charge on any atom is -0.480 e. The molecule has 1 aliphatic rings. The second-order valence-corrected chi connectivity index (χ2v) is 5.20. The topological polar surface area (TPSA) is 49.3 Å². The molecule has 1 saturated carbocycles. The van der Waals surface area contributed by atoms with Crippen molar-refractivity contribution in [1.29, 1.82) is 0 Å². The quantitative estimate of drug-likeness (QED) is 0.860. The van der Waals surface area contributed by atoms with Crippen LogP contribution in [0.15, 0.2) is 24.3 Å². The first-order chi connectivity index (χ1) is 9.08. The molecule has 0 heterocycles. The number of nitrogens with one attached hydrogen (secondary N) is 1. The van der Waals surface area contributed by atoms with Gasteiger partial charge in [-0.2, -0.15) is 0 Å². The van der Waals surface area contributed by atoms with Crippen molar-refractivity contribution in [2.75, 3.05) is 0 Å². The molecule has 1 aromatic rings. The van der Waals surface area contributed by atoms with Crippen molar-refractivity contribution < 1.29 is 14.3 Å². The molecule has 1 atom stereocenters. The average molecular weight is 265 g/mol. The summed E-state index contributed by atoms with van der Waals surface area (Å²) in [4.78, 5) is 11.8. The SMILES string of the molecule is CCC(NC1CCCC1)(C(=O)O)c1cccc(F)c1. The molecule has 0 bridgehead atoms. The van der Waals surface area contributed by atoms with Gasteiger partial charge in [0.1, 0.15) is 11.4 Å². The summed E-state index contributed by atoms with van der Waals surface area (Å²) in [6.07, 6.45) is 4.62. The standard InChI is InChI=1S/C15H20FNO2/c1-2-15(14(18)19,17-13-8-3-4-9-13)11-6-5-7-12(16)10-11/h5-7,10,13,17H,2-4,8-9H2,1H3,(H,18,19). The van der Waals surface area contributed by atoms with Crippen LogP contribution in [0, 0.1) is 5.82 Å². The Kier molecular flexibility index (Phi) is 4.20. The summed E-state index contributed by atoms with van der Waals surface area (Å²) >= 11 is 0. The van der Waals surface area contributed by atoms with E-state index < -0.39 is 17.3 Å². The van der Waals surface area contributed by atoms with Crippen LogP contribution >= 0.6 is 0 Å². The lowest BCUT2D eigenvalue weighted by Crippen LogP contribution is -2.52. The molecule has 0 spiro atoms. The first kappa shape index (κ1) is 14.0. The maximum absolute atomic E-state index is 13.4. The van der Waals surface area contributed by atoms with Crippen molar-refractivity contribution in [2.45, 2.75) is 50.6 Å². The van der Waals surface area contributed by atoms with E-state index in [4.69, 9.17) is 0 Å². The number of carbonyl (C=O) groups is 1. The fraction of sp³-hybridized carbons (Fsp3) is 0.533. The molecule has 1 fully saturated rings. The summed E-state index contributed by atoms with van der Waals surface area (Å²) in [5, 5.41) is 12.9. The highest BCUT2D eigenvalue weighted by atomic mass is 19.1. The summed E-state index contributed by atoms with van der Waals surface area (Å²) in [6, 6.07) is 6.11. The fourth-order valence-corrected chi connectivity index (χ4v) is 2.90. The third-order valence-electron chi connectivity index (χ3n) is 4.02. The van der Waals surface area contributed by atoms with Crippen LogP contribution in [0.4, 0.5) is 4.39 Å². The molecule has 1 aliphatic carbocycles. The zero-order chi connectivity index (χ0) is 13.9. The summed E-state index contributed by atoms with van der Waals surface area (Å²) in [5.41, 5.74) is -0.689. The van der Waals surface area contributed by atoms with Gasteiger partial charge in [0.25, 0.3) is 0 Å². The zero-order valence-electron chi connectivity index (χ0n) is 11.2. The Morgan fingerprint density at radius 3 is 2.68 bits per heavy atom. The van der Waals surface area contributed by atoms with Gasteiger partial charge < -0.3 is 5.11 Å². The first-order valence-corrected chi connectivity index (χ1v) is 6.85. The van der Waals surface area contributed by atoms with Crippen molar-refractivity contribution in [2.24, 2.45) is 0 Å². The highest BCUT2D eigenvalue weighted by Gasteiger charge is 2.40. The van der Waals surface area contributed by atoms with E-state index in [2.05, 4.69) is 5.32 Å². The van der Waals surface area contributed by atoms with Gasteiger partial charge >= 0.3 is 5.97 Å². The Morgan fingerprint density at radius 1 is 1.47 bits per heavy atom. The van der Waals surface area contributed by atoms with E-state index in [1.54, 1.807) is 12.1 Å².